The van der Waals surface area contributed by atoms with Crippen LogP contribution in [0.2, 0.25) is 0 Å². The van der Waals surface area contributed by atoms with E-state index in [1.54, 1.807) is 6.20 Å². The Labute approximate surface area is 103 Å². The van der Waals surface area contributed by atoms with Crippen molar-refractivity contribution in [3.8, 4) is 0 Å². The van der Waals surface area contributed by atoms with Gasteiger partial charge in [0.1, 0.15) is 0 Å². The van der Waals surface area contributed by atoms with Gasteiger partial charge < -0.3 is 10.5 Å². The van der Waals surface area contributed by atoms with Crippen LogP contribution in [0, 0.1) is 11.8 Å². The predicted molar refractivity (Wildman–Crippen MR) is 69.7 cm³/mol. The molecule has 0 aromatic carbocycles. The Hall–Kier alpha value is -1.09. The van der Waals surface area contributed by atoms with E-state index in [-0.39, 0.29) is 0 Å². The Kier molecular flexibility index (Phi) is 3.67. The van der Waals surface area contributed by atoms with Crippen LogP contribution >= 0.6 is 0 Å². The van der Waals surface area contributed by atoms with Crippen molar-refractivity contribution < 1.29 is 4.74 Å². The van der Waals surface area contributed by atoms with Gasteiger partial charge >= 0.3 is 0 Å². The van der Waals surface area contributed by atoms with Crippen molar-refractivity contribution in [3.63, 3.8) is 0 Å². The van der Waals surface area contributed by atoms with E-state index in [9.17, 15) is 0 Å². The molecule has 0 saturated heterocycles. The molecule has 3 nitrogen and oxygen atoms in total. The molecule has 1 aromatic heterocycles. The Balaban J connectivity index is 2.18. The molecule has 3 heteroatoms. The lowest BCUT2D eigenvalue weighted by atomic mass is 9.72. The second kappa shape index (κ2) is 5.05. The molecule has 1 aliphatic carbocycles. The van der Waals surface area contributed by atoms with Gasteiger partial charge in [-0.1, -0.05) is 13.8 Å². The highest BCUT2D eigenvalue weighted by Gasteiger charge is 2.34. The minimum atomic E-state index is 0.384. The largest absolute Gasteiger partial charge is 0.397 e. The summed E-state index contributed by atoms with van der Waals surface area (Å²) in [5, 5.41) is 0. The lowest BCUT2D eigenvalue weighted by Crippen LogP contribution is -2.35. The van der Waals surface area contributed by atoms with Crippen molar-refractivity contribution in [3.05, 3.63) is 24.0 Å². The van der Waals surface area contributed by atoms with Crippen LogP contribution in [0.5, 0.6) is 0 Å². The van der Waals surface area contributed by atoms with Gasteiger partial charge in [-0.15, -0.1) is 0 Å². The van der Waals surface area contributed by atoms with Gasteiger partial charge in [0.15, 0.2) is 0 Å². The fourth-order valence-corrected chi connectivity index (χ4v) is 3.33. The fourth-order valence-electron chi connectivity index (χ4n) is 3.33. The Bertz CT molecular complexity index is 368. The highest BCUT2D eigenvalue weighted by Crippen LogP contribution is 2.41. The standard InChI is InChI=1S/C14H22N2O/c1-9-6-11(7-10(2)14(9)17-3)12-4-5-16-8-13(12)15/h4-5,8-11,14H,6-7,15H2,1-3H3/t9-,10+,11+,14-. The average molecular weight is 234 g/mol. The molecule has 1 heterocycles. The van der Waals surface area contributed by atoms with E-state index in [0.29, 0.717) is 23.9 Å². The molecule has 2 N–H and O–H groups in total. The summed E-state index contributed by atoms with van der Waals surface area (Å²) in [6.45, 7) is 4.54. The van der Waals surface area contributed by atoms with Crippen LogP contribution in [0.4, 0.5) is 5.69 Å². The first-order chi connectivity index (χ1) is 8.13. The Morgan fingerprint density at radius 2 is 1.94 bits per heavy atom. The molecular formula is C14H22N2O. The zero-order valence-electron chi connectivity index (χ0n) is 10.9. The molecule has 1 saturated carbocycles. The maximum Gasteiger partial charge on any atom is 0.0622 e. The second-order valence-electron chi connectivity index (χ2n) is 5.33. The summed E-state index contributed by atoms with van der Waals surface area (Å²) in [4.78, 5) is 4.06. The number of rotatable bonds is 2. The normalized spacial score (nSPS) is 33.6. The quantitative estimate of drug-likeness (QED) is 0.856. The minimum Gasteiger partial charge on any atom is -0.397 e. The number of methoxy groups -OCH3 is 1. The van der Waals surface area contributed by atoms with Crippen molar-refractivity contribution in [2.75, 3.05) is 12.8 Å². The number of nitrogen functional groups attached to an aromatic ring is 1. The molecule has 0 amide bonds. The number of ether oxygens (including phenoxy) is 1. The van der Waals surface area contributed by atoms with Crippen LogP contribution in [-0.4, -0.2) is 18.2 Å². The van der Waals surface area contributed by atoms with E-state index in [0.717, 1.165) is 18.5 Å². The first-order valence-electron chi connectivity index (χ1n) is 6.35. The number of pyridine rings is 1. The van der Waals surface area contributed by atoms with Crippen molar-refractivity contribution >= 4 is 5.69 Å². The smallest absolute Gasteiger partial charge is 0.0622 e. The van der Waals surface area contributed by atoms with Crippen LogP contribution in [0.25, 0.3) is 0 Å². The summed E-state index contributed by atoms with van der Waals surface area (Å²) in [6.07, 6.45) is 6.28. The number of hydrogen-bond acceptors (Lipinski definition) is 3. The van der Waals surface area contributed by atoms with E-state index in [1.165, 1.54) is 5.56 Å². The summed E-state index contributed by atoms with van der Waals surface area (Å²) >= 11 is 0. The summed E-state index contributed by atoms with van der Waals surface area (Å²) < 4.78 is 5.59. The lowest BCUT2D eigenvalue weighted by Gasteiger charge is -2.38. The van der Waals surface area contributed by atoms with Gasteiger partial charge in [-0.2, -0.15) is 0 Å². The maximum absolute atomic E-state index is 6.02. The molecule has 0 aliphatic heterocycles. The second-order valence-corrected chi connectivity index (χ2v) is 5.33. The molecular weight excluding hydrogens is 212 g/mol. The van der Waals surface area contributed by atoms with Crippen molar-refractivity contribution in [2.45, 2.75) is 38.7 Å². The van der Waals surface area contributed by atoms with Gasteiger partial charge in [0.05, 0.1) is 18.0 Å². The topological polar surface area (TPSA) is 48.1 Å². The van der Waals surface area contributed by atoms with Crippen LogP contribution in [0.1, 0.15) is 38.2 Å². The molecule has 0 bridgehead atoms. The highest BCUT2D eigenvalue weighted by molar-refractivity contribution is 5.46. The van der Waals surface area contributed by atoms with Gasteiger partial charge in [0.25, 0.3) is 0 Å². The molecule has 0 radical (unpaired) electrons. The molecule has 0 spiro atoms. The van der Waals surface area contributed by atoms with Crippen LogP contribution in [0.15, 0.2) is 18.5 Å². The molecule has 1 aliphatic rings. The summed E-state index contributed by atoms with van der Waals surface area (Å²) in [5.41, 5.74) is 8.10. The van der Waals surface area contributed by atoms with Crippen LogP contribution in [-0.2, 0) is 4.74 Å². The first-order valence-corrected chi connectivity index (χ1v) is 6.35. The van der Waals surface area contributed by atoms with E-state index in [1.807, 2.05) is 13.3 Å². The molecule has 1 aromatic rings. The third-order valence-electron chi connectivity index (χ3n) is 4.03. The van der Waals surface area contributed by atoms with Gasteiger partial charge in [-0.25, -0.2) is 0 Å². The van der Waals surface area contributed by atoms with Crippen molar-refractivity contribution in [2.24, 2.45) is 11.8 Å². The highest BCUT2D eigenvalue weighted by atomic mass is 16.5. The molecule has 2 rings (SSSR count). The van der Waals surface area contributed by atoms with E-state index in [2.05, 4.69) is 24.9 Å². The fraction of sp³-hybridized carbons (Fsp3) is 0.643. The third kappa shape index (κ3) is 2.44. The Morgan fingerprint density at radius 3 is 2.47 bits per heavy atom. The minimum absolute atomic E-state index is 0.384. The monoisotopic (exact) mass is 234 g/mol. The zero-order valence-corrected chi connectivity index (χ0v) is 10.9. The van der Waals surface area contributed by atoms with Gasteiger partial charge in [0, 0.05) is 13.3 Å². The Morgan fingerprint density at radius 1 is 1.29 bits per heavy atom. The van der Waals surface area contributed by atoms with Gasteiger partial charge in [-0.05, 0) is 42.2 Å². The van der Waals surface area contributed by atoms with Crippen LogP contribution in [0.3, 0.4) is 0 Å². The molecule has 1 fully saturated rings. The number of aromatic nitrogens is 1. The summed E-state index contributed by atoms with van der Waals surface area (Å²) in [6, 6.07) is 2.06. The van der Waals surface area contributed by atoms with E-state index < -0.39 is 0 Å². The van der Waals surface area contributed by atoms with Crippen molar-refractivity contribution in [1.29, 1.82) is 0 Å². The van der Waals surface area contributed by atoms with E-state index in [4.69, 9.17) is 10.5 Å². The number of hydrogen-bond donors (Lipinski definition) is 1. The third-order valence-corrected chi connectivity index (χ3v) is 4.03. The van der Waals surface area contributed by atoms with Gasteiger partial charge in [-0.3, -0.25) is 4.98 Å². The number of nitrogens with zero attached hydrogens (tertiary/aromatic N) is 1. The SMILES string of the molecule is CO[C@@H]1[C@H](C)C[C@H](c2ccncc2N)C[C@@H]1C. The number of nitrogens with two attached hydrogens (primary N) is 1. The van der Waals surface area contributed by atoms with E-state index >= 15 is 0 Å². The predicted octanol–water partition coefficient (Wildman–Crippen LogP) is 2.83. The molecule has 17 heavy (non-hydrogen) atoms. The number of anilines is 1. The zero-order chi connectivity index (χ0) is 12.4. The summed E-state index contributed by atoms with van der Waals surface area (Å²) in [5.74, 6) is 1.72. The molecule has 94 valence electrons. The molecule has 0 unspecified atom stereocenters. The lowest BCUT2D eigenvalue weighted by molar-refractivity contribution is -0.0131. The van der Waals surface area contributed by atoms with Gasteiger partial charge in [0.2, 0.25) is 0 Å². The maximum atomic E-state index is 6.02. The van der Waals surface area contributed by atoms with Crippen LogP contribution < -0.4 is 5.73 Å². The molecule has 4 atom stereocenters. The average Bonchev–Trinajstić information content (AvgIpc) is 2.29. The first kappa shape index (κ1) is 12.4. The van der Waals surface area contributed by atoms with Crippen molar-refractivity contribution in [1.82, 2.24) is 4.98 Å². The summed E-state index contributed by atoms with van der Waals surface area (Å²) in [7, 11) is 1.82.